The molecule has 112 valence electrons. The molecule has 0 fully saturated rings. The van der Waals surface area contributed by atoms with Crippen LogP contribution in [0.4, 0.5) is 5.69 Å². The number of nitrogens with zero attached hydrogens (tertiary/aromatic N) is 1. The van der Waals surface area contributed by atoms with Gasteiger partial charge in [0.05, 0.1) is 5.69 Å². The molecule has 1 aliphatic rings. The van der Waals surface area contributed by atoms with Crippen molar-refractivity contribution in [2.24, 2.45) is 0 Å². The van der Waals surface area contributed by atoms with Crippen molar-refractivity contribution in [2.75, 3.05) is 12.0 Å². The fourth-order valence-corrected chi connectivity index (χ4v) is 3.35. The summed E-state index contributed by atoms with van der Waals surface area (Å²) in [6.45, 7) is 1.57. The van der Waals surface area contributed by atoms with E-state index < -0.39 is 0 Å². The van der Waals surface area contributed by atoms with Crippen LogP contribution < -0.4 is 4.90 Å². The van der Waals surface area contributed by atoms with Gasteiger partial charge in [-0.15, -0.1) is 0 Å². The van der Waals surface area contributed by atoms with Crippen molar-refractivity contribution in [3.63, 3.8) is 0 Å². The number of anilines is 1. The maximum absolute atomic E-state index is 12.1. The highest BCUT2D eigenvalue weighted by molar-refractivity contribution is 14.1. The van der Waals surface area contributed by atoms with Gasteiger partial charge in [-0.05, 0) is 46.4 Å². The minimum Gasteiger partial charge on any atom is -0.357 e. The van der Waals surface area contributed by atoms with Crippen molar-refractivity contribution in [2.45, 2.75) is 13.2 Å². The Hall–Kier alpha value is -1.66. The van der Waals surface area contributed by atoms with Crippen LogP contribution >= 0.6 is 22.6 Å². The summed E-state index contributed by atoms with van der Waals surface area (Å²) in [6.07, 6.45) is 1.73. The SMILES string of the molecule is COC1/C(=C/c2ccccc2I)c2ccccc2N1C(C)=O. The largest absolute Gasteiger partial charge is 0.357 e. The minimum absolute atomic E-state index is 0.0227. The van der Waals surface area contributed by atoms with Crippen LogP contribution in [0.15, 0.2) is 48.5 Å². The maximum atomic E-state index is 12.1. The molecule has 2 aromatic carbocycles. The van der Waals surface area contributed by atoms with E-state index in [1.54, 1.807) is 18.9 Å². The first-order chi connectivity index (χ1) is 10.6. The monoisotopic (exact) mass is 405 g/mol. The predicted octanol–water partition coefficient (Wildman–Crippen LogP) is 4.17. The average Bonchev–Trinajstić information content (AvgIpc) is 2.83. The van der Waals surface area contributed by atoms with Gasteiger partial charge >= 0.3 is 0 Å². The van der Waals surface area contributed by atoms with Crippen LogP contribution in [0.2, 0.25) is 0 Å². The number of carbonyl (C=O) groups is 1. The molecule has 0 aliphatic carbocycles. The van der Waals surface area contributed by atoms with Crippen LogP contribution in [0.1, 0.15) is 18.1 Å². The molecule has 1 amide bonds. The van der Waals surface area contributed by atoms with E-state index in [2.05, 4.69) is 40.8 Å². The van der Waals surface area contributed by atoms with Crippen molar-refractivity contribution in [3.05, 3.63) is 63.2 Å². The number of rotatable bonds is 2. The summed E-state index contributed by atoms with van der Waals surface area (Å²) in [7, 11) is 1.64. The van der Waals surface area contributed by atoms with Gasteiger partial charge in [0.15, 0.2) is 6.23 Å². The van der Waals surface area contributed by atoms with Gasteiger partial charge in [0.2, 0.25) is 5.91 Å². The molecule has 0 spiro atoms. The molecule has 0 saturated heterocycles. The Labute approximate surface area is 143 Å². The fraction of sp³-hybridized carbons (Fsp3) is 0.167. The van der Waals surface area contributed by atoms with Crippen molar-refractivity contribution < 1.29 is 9.53 Å². The molecule has 0 aromatic heterocycles. The summed E-state index contributed by atoms with van der Waals surface area (Å²) >= 11 is 2.32. The molecule has 0 radical (unpaired) electrons. The van der Waals surface area contributed by atoms with Crippen molar-refractivity contribution in [1.29, 1.82) is 0 Å². The molecule has 3 rings (SSSR count). The van der Waals surface area contributed by atoms with E-state index in [-0.39, 0.29) is 12.1 Å². The zero-order valence-electron chi connectivity index (χ0n) is 12.4. The second-order valence-corrected chi connectivity index (χ2v) is 6.28. The van der Waals surface area contributed by atoms with E-state index in [1.165, 1.54) is 3.57 Å². The van der Waals surface area contributed by atoms with Crippen LogP contribution in [0.5, 0.6) is 0 Å². The molecule has 0 bridgehead atoms. The van der Waals surface area contributed by atoms with Gasteiger partial charge in [-0.3, -0.25) is 9.69 Å². The standard InChI is InChI=1S/C18H16INO2/c1-12(21)20-17-10-6-4-8-14(17)15(18(20)22-2)11-13-7-3-5-9-16(13)19/h3-11,18H,1-2H3/b15-11+. The first-order valence-electron chi connectivity index (χ1n) is 7.01. The molecule has 0 saturated carbocycles. The third-order valence-corrected chi connectivity index (χ3v) is 4.74. The molecule has 1 unspecified atom stereocenters. The van der Waals surface area contributed by atoms with E-state index in [4.69, 9.17) is 4.74 Å². The van der Waals surface area contributed by atoms with Crippen LogP contribution in [0.3, 0.4) is 0 Å². The molecule has 22 heavy (non-hydrogen) atoms. The predicted molar refractivity (Wildman–Crippen MR) is 97.4 cm³/mol. The number of amides is 1. The van der Waals surface area contributed by atoms with Gasteiger partial charge in [-0.25, -0.2) is 0 Å². The van der Waals surface area contributed by atoms with E-state index in [0.29, 0.717) is 0 Å². The average molecular weight is 405 g/mol. The van der Waals surface area contributed by atoms with Gasteiger partial charge in [-0.1, -0.05) is 36.4 Å². The lowest BCUT2D eigenvalue weighted by atomic mass is 10.0. The summed E-state index contributed by atoms with van der Waals surface area (Å²) in [5.74, 6) is -0.0227. The number of fused-ring (bicyclic) bond motifs is 1. The lowest BCUT2D eigenvalue weighted by molar-refractivity contribution is -0.118. The van der Waals surface area contributed by atoms with E-state index in [9.17, 15) is 4.79 Å². The number of para-hydroxylation sites is 1. The topological polar surface area (TPSA) is 29.5 Å². The minimum atomic E-state index is -0.383. The summed E-state index contributed by atoms with van der Waals surface area (Å²) in [6, 6.07) is 16.1. The summed E-state index contributed by atoms with van der Waals surface area (Å²) < 4.78 is 6.79. The fourth-order valence-electron chi connectivity index (χ4n) is 2.80. The quantitative estimate of drug-likeness (QED) is 0.702. The molecule has 4 heteroatoms. The van der Waals surface area contributed by atoms with Gasteiger partial charge in [0.25, 0.3) is 0 Å². The van der Waals surface area contributed by atoms with Crippen LogP contribution in [0, 0.1) is 3.57 Å². The molecule has 3 nitrogen and oxygen atoms in total. The number of benzene rings is 2. The normalized spacial score (nSPS) is 18.6. The summed E-state index contributed by atoms with van der Waals surface area (Å²) in [5, 5.41) is 0. The smallest absolute Gasteiger partial charge is 0.226 e. The Balaban J connectivity index is 2.18. The van der Waals surface area contributed by atoms with E-state index >= 15 is 0 Å². The molecule has 1 aliphatic heterocycles. The molecule has 2 aromatic rings. The Bertz CT molecular complexity index is 754. The molecular weight excluding hydrogens is 389 g/mol. The number of methoxy groups -OCH3 is 1. The Morgan fingerprint density at radius 1 is 1.18 bits per heavy atom. The first kappa shape index (κ1) is 15.2. The van der Waals surface area contributed by atoms with Crippen LogP contribution in [0.25, 0.3) is 11.6 Å². The highest BCUT2D eigenvalue weighted by Gasteiger charge is 2.36. The van der Waals surface area contributed by atoms with E-state index in [1.807, 2.05) is 36.4 Å². The maximum Gasteiger partial charge on any atom is 0.226 e. The molecule has 0 N–H and O–H groups in total. The zero-order chi connectivity index (χ0) is 15.7. The second kappa shape index (κ2) is 6.22. The Kier molecular flexibility index (Phi) is 4.31. The lowest BCUT2D eigenvalue weighted by Gasteiger charge is -2.23. The third-order valence-electron chi connectivity index (χ3n) is 3.75. The lowest BCUT2D eigenvalue weighted by Crippen LogP contribution is -2.36. The van der Waals surface area contributed by atoms with Gasteiger partial charge < -0.3 is 4.74 Å². The number of halogens is 1. The highest BCUT2D eigenvalue weighted by Crippen LogP contribution is 2.41. The van der Waals surface area contributed by atoms with Gasteiger partial charge in [0.1, 0.15) is 0 Å². The summed E-state index contributed by atoms with van der Waals surface area (Å²) in [5.41, 5.74) is 4.08. The zero-order valence-corrected chi connectivity index (χ0v) is 14.6. The van der Waals surface area contributed by atoms with Crippen molar-refractivity contribution >= 4 is 45.8 Å². The number of hydrogen-bond donors (Lipinski definition) is 0. The van der Waals surface area contributed by atoms with E-state index in [0.717, 1.165) is 22.4 Å². The summed E-state index contributed by atoms with van der Waals surface area (Å²) in [4.78, 5) is 13.8. The van der Waals surface area contributed by atoms with Crippen molar-refractivity contribution in [3.8, 4) is 0 Å². The number of ether oxygens (including phenoxy) is 1. The second-order valence-electron chi connectivity index (χ2n) is 5.12. The molecule has 1 heterocycles. The Morgan fingerprint density at radius 3 is 2.55 bits per heavy atom. The number of carbonyl (C=O) groups excluding carboxylic acids is 1. The van der Waals surface area contributed by atoms with Crippen LogP contribution in [-0.2, 0) is 9.53 Å². The number of hydrogen-bond acceptors (Lipinski definition) is 2. The van der Waals surface area contributed by atoms with Crippen molar-refractivity contribution in [1.82, 2.24) is 0 Å². The van der Waals surface area contributed by atoms with Gasteiger partial charge in [0, 0.05) is 28.7 Å². The molecular formula is C18H16INO2. The molecule has 1 atom stereocenters. The first-order valence-corrected chi connectivity index (χ1v) is 8.09. The van der Waals surface area contributed by atoms with Gasteiger partial charge in [-0.2, -0.15) is 0 Å². The Morgan fingerprint density at radius 2 is 1.86 bits per heavy atom. The third kappa shape index (κ3) is 2.57. The highest BCUT2D eigenvalue weighted by atomic mass is 127. The van der Waals surface area contributed by atoms with Crippen LogP contribution in [-0.4, -0.2) is 19.2 Å².